The second-order valence-corrected chi connectivity index (χ2v) is 6.18. The maximum Gasteiger partial charge on any atom is 0.220 e. The van der Waals surface area contributed by atoms with Crippen LogP contribution in [0.4, 0.5) is 4.39 Å². The number of para-hydroxylation sites is 1. The average Bonchev–Trinajstić information content (AvgIpc) is 3.40. The van der Waals surface area contributed by atoms with E-state index in [1.165, 1.54) is 6.07 Å². The minimum atomic E-state index is -0.374. The van der Waals surface area contributed by atoms with Crippen LogP contribution in [-0.2, 0) is 4.79 Å². The second-order valence-electron chi connectivity index (χ2n) is 6.18. The van der Waals surface area contributed by atoms with Gasteiger partial charge in [-0.1, -0.05) is 12.1 Å². The number of guanidine groups is 1. The van der Waals surface area contributed by atoms with Gasteiger partial charge in [0.25, 0.3) is 0 Å². The Bertz CT molecular complexity index is 590. The van der Waals surface area contributed by atoms with Gasteiger partial charge < -0.3 is 20.7 Å². The molecule has 0 spiro atoms. The lowest BCUT2D eigenvalue weighted by atomic mass is 10.3. The maximum atomic E-state index is 13.6. The van der Waals surface area contributed by atoms with Crippen LogP contribution in [0.1, 0.15) is 32.6 Å². The summed E-state index contributed by atoms with van der Waals surface area (Å²) >= 11 is 0. The zero-order valence-corrected chi connectivity index (χ0v) is 14.8. The molecule has 1 aromatic carbocycles. The van der Waals surface area contributed by atoms with Gasteiger partial charge in [0, 0.05) is 26.1 Å². The number of carbonyl (C=O) groups excluding carboxylic acids is 1. The van der Waals surface area contributed by atoms with E-state index in [0.29, 0.717) is 31.5 Å². The Morgan fingerprint density at radius 3 is 2.80 bits per heavy atom. The topological polar surface area (TPSA) is 74.8 Å². The first-order chi connectivity index (χ1) is 12.1. The predicted molar refractivity (Wildman–Crippen MR) is 96.3 cm³/mol. The van der Waals surface area contributed by atoms with Gasteiger partial charge >= 0.3 is 0 Å². The molecule has 0 aliphatic heterocycles. The summed E-state index contributed by atoms with van der Waals surface area (Å²) in [6.07, 6.45) is 3.23. The number of carbonyl (C=O) groups is 1. The van der Waals surface area contributed by atoms with Crippen molar-refractivity contribution in [2.45, 2.75) is 44.8 Å². The van der Waals surface area contributed by atoms with Crippen molar-refractivity contribution in [1.82, 2.24) is 16.0 Å². The third-order valence-electron chi connectivity index (χ3n) is 3.76. The molecule has 0 radical (unpaired) electrons. The van der Waals surface area contributed by atoms with E-state index >= 15 is 0 Å². The van der Waals surface area contributed by atoms with Crippen molar-refractivity contribution < 1.29 is 13.9 Å². The number of hydrogen-bond acceptors (Lipinski definition) is 3. The van der Waals surface area contributed by atoms with Gasteiger partial charge in [0.05, 0.1) is 6.54 Å². The molecule has 7 heteroatoms. The lowest BCUT2D eigenvalue weighted by Gasteiger charge is -2.18. The van der Waals surface area contributed by atoms with Crippen LogP contribution < -0.4 is 20.7 Å². The Hall–Kier alpha value is -2.31. The summed E-state index contributed by atoms with van der Waals surface area (Å²) in [5.74, 6) is 0.605. The van der Waals surface area contributed by atoms with Gasteiger partial charge in [-0.3, -0.25) is 9.79 Å². The molecule has 1 amide bonds. The van der Waals surface area contributed by atoms with Crippen LogP contribution in [0.5, 0.6) is 5.75 Å². The Labute approximate surface area is 148 Å². The molecular weight excluding hydrogens is 323 g/mol. The Morgan fingerprint density at radius 1 is 1.36 bits per heavy atom. The minimum absolute atomic E-state index is 0.110. The highest BCUT2D eigenvalue weighted by atomic mass is 19.1. The number of nitrogens with zero attached hydrogens (tertiary/aromatic N) is 1. The highest BCUT2D eigenvalue weighted by Gasteiger charge is 2.22. The highest BCUT2D eigenvalue weighted by molar-refractivity contribution is 5.80. The number of rotatable bonds is 9. The summed E-state index contributed by atoms with van der Waals surface area (Å²) in [5, 5.41) is 9.25. The normalized spacial score (nSPS) is 15.4. The molecule has 1 atom stereocenters. The van der Waals surface area contributed by atoms with E-state index in [9.17, 15) is 9.18 Å². The number of hydrogen-bond donors (Lipinski definition) is 3. The van der Waals surface area contributed by atoms with Crippen LogP contribution >= 0.6 is 0 Å². The number of benzene rings is 1. The molecule has 138 valence electrons. The van der Waals surface area contributed by atoms with Gasteiger partial charge in [0.2, 0.25) is 5.91 Å². The fourth-order valence-corrected chi connectivity index (χ4v) is 2.24. The van der Waals surface area contributed by atoms with E-state index in [0.717, 1.165) is 19.3 Å². The van der Waals surface area contributed by atoms with Crippen molar-refractivity contribution in [3.63, 3.8) is 0 Å². The Kier molecular flexibility index (Phi) is 7.50. The third kappa shape index (κ3) is 7.41. The first kappa shape index (κ1) is 19.0. The van der Waals surface area contributed by atoms with Crippen molar-refractivity contribution in [2.75, 3.05) is 20.1 Å². The van der Waals surface area contributed by atoms with Gasteiger partial charge in [0.1, 0.15) is 6.10 Å². The van der Waals surface area contributed by atoms with E-state index in [1.807, 2.05) is 6.92 Å². The summed E-state index contributed by atoms with van der Waals surface area (Å²) in [6, 6.07) is 6.74. The van der Waals surface area contributed by atoms with E-state index in [1.54, 1.807) is 25.2 Å². The largest absolute Gasteiger partial charge is 0.486 e. The molecule has 2 rings (SSSR count). The van der Waals surface area contributed by atoms with Crippen LogP contribution in [0.3, 0.4) is 0 Å². The van der Waals surface area contributed by atoms with Crippen molar-refractivity contribution in [2.24, 2.45) is 4.99 Å². The van der Waals surface area contributed by atoms with Gasteiger partial charge in [0.15, 0.2) is 17.5 Å². The summed E-state index contributed by atoms with van der Waals surface area (Å²) in [5.41, 5.74) is 0. The predicted octanol–water partition coefficient (Wildman–Crippen LogP) is 1.82. The van der Waals surface area contributed by atoms with E-state index in [2.05, 4.69) is 20.9 Å². The molecule has 6 nitrogen and oxygen atoms in total. The molecule has 1 aliphatic carbocycles. The Balaban J connectivity index is 1.60. The van der Waals surface area contributed by atoms with Crippen LogP contribution in [0, 0.1) is 5.82 Å². The summed E-state index contributed by atoms with van der Waals surface area (Å²) in [4.78, 5) is 15.7. The van der Waals surface area contributed by atoms with Gasteiger partial charge in [-0.2, -0.15) is 0 Å². The number of halogens is 1. The lowest BCUT2D eigenvalue weighted by Crippen LogP contribution is -2.42. The maximum absolute atomic E-state index is 13.6. The molecule has 3 N–H and O–H groups in total. The molecule has 1 aliphatic rings. The van der Waals surface area contributed by atoms with Crippen LogP contribution in [0.2, 0.25) is 0 Å². The van der Waals surface area contributed by atoms with Crippen LogP contribution in [0.15, 0.2) is 29.3 Å². The highest BCUT2D eigenvalue weighted by Crippen LogP contribution is 2.18. The molecular formula is C18H27FN4O2. The smallest absolute Gasteiger partial charge is 0.220 e. The van der Waals surface area contributed by atoms with Crippen molar-refractivity contribution >= 4 is 11.9 Å². The van der Waals surface area contributed by atoms with E-state index < -0.39 is 0 Å². The van der Waals surface area contributed by atoms with Gasteiger partial charge in [-0.15, -0.1) is 0 Å². The quantitative estimate of drug-likeness (QED) is 0.361. The minimum Gasteiger partial charge on any atom is -0.486 e. The van der Waals surface area contributed by atoms with Gasteiger partial charge in [-0.25, -0.2) is 4.39 Å². The molecule has 0 bridgehead atoms. The number of nitrogens with one attached hydrogen (secondary N) is 3. The molecule has 0 saturated heterocycles. The molecule has 1 unspecified atom stereocenters. The van der Waals surface area contributed by atoms with E-state index in [4.69, 9.17) is 4.74 Å². The number of ether oxygens (including phenoxy) is 1. The third-order valence-corrected chi connectivity index (χ3v) is 3.76. The SMILES string of the molecule is CN=C(NCCCC(=O)NC1CC1)NCC(C)Oc1ccccc1F. The second kappa shape index (κ2) is 9.86. The molecule has 0 aromatic heterocycles. The lowest BCUT2D eigenvalue weighted by molar-refractivity contribution is -0.121. The summed E-state index contributed by atoms with van der Waals surface area (Å²) in [6.45, 7) is 2.99. The van der Waals surface area contributed by atoms with Crippen molar-refractivity contribution in [3.05, 3.63) is 30.1 Å². The molecule has 1 aromatic rings. The van der Waals surface area contributed by atoms with Crippen molar-refractivity contribution in [3.8, 4) is 5.75 Å². The zero-order valence-electron chi connectivity index (χ0n) is 14.8. The monoisotopic (exact) mass is 350 g/mol. The fraction of sp³-hybridized carbons (Fsp3) is 0.556. The fourth-order valence-electron chi connectivity index (χ4n) is 2.24. The first-order valence-corrected chi connectivity index (χ1v) is 8.73. The molecule has 25 heavy (non-hydrogen) atoms. The van der Waals surface area contributed by atoms with Crippen LogP contribution in [-0.4, -0.2) is 44.1 Å². The van der Waals surface area contributed by atoms with Crippen molar-refractivity contribution in [1.29, 1.82) is 0 Å². The molecule has 0 heterocycles. The molecule has 1 saturated carbocycles. The Morgan fingerprint density at radius 2 is 2.12 bits per heavy atom. The zero-order chi connectivity index (χ0) is 18.1. The van der Waals surface area contributed by atoms with E-state index in [-0.39, 0.29) is 23.6 Å². The average molecular weight is 350 g/mol. The van der Waals surface area contributed by atoms with Gasteiger partial charge in [-0.05, 0) is 38.3 Å². The molecule has 1 fully saturated rings. The summed E-state index contributed by atoms with van der Waals surface area (Å²) < 4.78 is 19.1. The standard InChI is InChI=1S/C18H27FN4O2/c1-13(25-16-7-4-3-6-15(16)19)12-22-18(20-2)21-11-5-8-17(24)23-14-9-10-14/h3-4,6-7,13-14H,5,8-12H2,1-2H3,(H,23,24)(H2,20,21,22). The first-order valence-electron chi connectivity index (χ1n) is 8.73. The summed E-state index contributed by atoms with van der Waals surface area (Å²) in [7, 11) is 1.68. The number of aliphatic imine (C=N–C) groups is 1. The van der Waals surface area contributed by atoms with Crippen LogP contribution in [0.25, 0.3) is 0 Å². The number of amides is 1.